The van der Waals surface area contributed by atoms with E-state index in [9.17, 15) is 14.7 Å². The molecule has 0 aromatic heterocycles. The summed E-state index contributed by atoms with van der Waals surface area (Å²) < 4.78 is 0. The quantitative estimate of drug-likeness (QED) is 0.731. The summed E-state index contributed by atoms with van der Waals surface area (Å²) in [5, 5.41) is 9.39. The number of carboxylic acids is 1. The minimum Gasteiger partial charge on any atom is -0.479 e. The number of carbonyl (C=O) groups excluding carboxylic acids is 1. The summed E-state index contributed by atoms with van der Waals surface area (Å²) in [5.74, 6) is -0.951. The molecule has 1 aliphatic heterocycles. The maximum Gasteiger partial charge on any atom is 0.329 e. The molecule has 0 radical (unpaired) electrons. The zero-order valence-corrected chi connectivity index (χ0v) is 10.2. The minimum absolute atomic E-state index is 0.114. The summed E-state index contributed by atoms with van der Waals surface area (Å²) in [6.45, 7) is 4.14. The highest BCUT2D eigenvalue weighted by Crippen LogP contribution is 2.34. The summed E-state index contributed by atoms with van der Waals surface area (Å²) in [6.07, 6.45) is 4.97. The molecule has 0 aromatic carbocycles. The van der Waals surface area contributed by atoms with Crippen molar-refractivity contribution in [1.29, 1.82) is 0 Å². The molecular weight excluding hydrogens is 206 g/mol. The first kappa shape index (κ1) is 13.0. The molecule has 0 bridgehead atoms. The molecule has 0 spiro atoms. The second-order valence-electron chi connectivity index (χ2n) is 4.57. The van der Waals surface area contributed by atoms with E-state index in [0.717, 1.165) is 25.7 Å². The lowest BCUT2D eigenvalue weighted by atomic mass is 9.89. The van der Waals surface area contributed by atoms with Gasteiger partial charge >= 0.3 is 5.97 Å². The average molecular weight is 227 g/mol. The van der Waals surface area contributed by atoms with Gasteiger partial charge in [0.05, 0.1) is 0 Å². The number of nitrogens with zero attached hydrogens (tertiary/aromatic N) is 1. The Morgan fingerprint density at radius 2 is 2.06 bits per heavy atom. The Labute approximate surface area is 96.6 Å². The molecule has 1 heterocycles. The molecule has 1 unspecified atom stereocenters. The number of amides is 1. The largest absolute Gasteiger partial charge is 0.479 e. The Morgan fingerprint density at radius 3 is 2.56 bits per heavy atom. The lowest BCUT2D eigenvalue weighted by Crippen LogP contribution is -2.52. The highest BCUT2D eigenvalue weighted by atomic mass is 16.4. The molecular formula is C12H21NO3. The first-order chi connectivity index (χ1) is 7.54. The zero-order chi connectivity index (χ0) is 12.2. The van der Waals surface area contributed by atoms with E-state index in [1.807, 2.05) is 0 Å². The van der Waals surface area contributed by atoms with E-state index in [1.54, 1.807) is 4.90 Å². The van der Waals surface area contributed by atoms with Crippen molar-refractivity contribution in [3.8, 4) is 0 Å². The first-order valence-corrected chi connectivity index (χ1v) is 6.06. The summed E-state index contributed by atoms with van der Waals surface area (Å²) in [7, 11) is 0. The van der Waals surface area contributed by atoms with Gasteiger partial charge in [0.1, 0.15) is 5.54 Å². The van der Waals surface area contributed by atoms with Gasteiger partial charge in [-0.05, 0) is 19.3 Å². The predicted octanol–water partition coefficient (Wildman–Crippen LogP) is 2.03. The predicted molar refractivity (Wildman–Crippen MR) is 61.1 cm³/mol. The number of aliphatic carboxylic acids is 1. The molecule has 1 atom stereocenters. The third-order valence-corrected chi connectivity index (χ3v) is 3.46. The number of carboxylic acid groups (broad SMARTS) is 1. The fourth-order valence-electron chi connectivity index (χ4n) is 2.59. The Bertz CT molecular complexity index is 277. The van der Waals surface area contributed by atoms with Gasteiger partial charge in [-0.1, -0.05) is 26.2 Å². The SMILES string of the molecule is CCCCCC1(C(=O)O)CCCN1C(C)=O. The van der Waals surface area contributed by atoms with Crippen molar-refractivity contribution in [3.63, 3.8) is 0 Å². The standard InChI is InChI=1S/C12H21NO3/c1-3-4-5-7-12(11(15)16)8-6-9-13(12)10(2)14/h3-9H2,1-2H3,(H,15,16). The number of hydrogen-bond acceptors (Lipinski definition) is 2. The Kier molecular flexibility index (Phi) is 4.33. The van der Waals surface area contributed by atoms with Crippen LogP contribution in [0.25, 0.3) is 0 Å². The molecule has 1 N–H and O–H groups in total. The van der Waals surface area contributed by atoms with Crippen molar-refractivity contribution in [2.75, 3.05) is 6.54 Å². The molecule has 16 heavy (non-hydrogen) atoms. The molecule has 0 saturated carbocycles. The molecule has 0 aliphatic carbocycles. The van der Waals surface area contributed by atoms with Crippen LogP contribution in [0.3, 0.4) is 0 Å². The average Bonchev–Trinajstić information content (AvgIpc) is 2.63. The van der Waals surface area contributed by atoms with E-state index in [1.165, 1.54) is 6.92 Å². The maximum absolute atomic E-state index is 11.5. The van der Waals surface area contributed by atoms with Crippen molar-refractivity contribution in [2.24, 2.45) is 0 Å². The van der Waals surface area contributed by atoms with E-state index in [4.69, 9.17) is 0 Å². The van der Waals surface area contributed by atoms with Gasteiger partial charge in [-0.2, -0.15) is 0 Å². The molecule has 4 nitrogen and oxygen atoms in total. The fraction of sp³-hybridized carbons (Fsp3) is 0.833. The van der Waals surface area contributed by atoms with Gasteiger partial charge in [-0.3, -0.25) is 4.79 Å². The third kappa shape index (κ3) is 2.36. The van der Waals surface area contributed by atoms with Crippen molar-refractivity contribution in [1.82, 2.24) is 4.90 Å². The maximum atomic E-state index is 11.5. The summed E-state index contributed by atoms with van der Waals surface area (Å²) >= 11 is 0. The van der Waals surface area contributed by atoms with E-state index in [2.05, 4.69) is 6.92 Å². The van der Waals surface area contributed by atoms with Crippen LogP contribution in [0.1, 0.15) is 52.4 Å². The van der Waals surface area contributed by atoms with Crippen LogP contribution < -0.4 is 0 Å². The first-order valence-electron chi connectivity index (χ1n) is 6.06. The molecule has 1 amide bonds. The van der Waals surface area contributed by atoms with Crippen LogP contribution in [0.4, 0.5) is 0 Å². The molecule has 92 valence electrons. The van der Waals surface area contributed by atoms with Crippen LogP contribution >= 0.6 is 0 Å². The zero-order valence-electron chi connectivity index (χ0n) is 10.2. The fourth-order valence-corrected chi connectivity index (χ4v) is 2.59. The molecule has 1 rings (SSSR count). The summed E-state index contributed by atoms with van der Waals surface area (Å²) in [6, 6.07) is 0. The van der Waals surface area contributed by atoms with Gasteiger partial charge in [0.15, 0.2) is 0 Å². The minimum atomic E-state index is -0.916. The lowest BCUT2D eigenvalue weighted by molar-refractivity contribution is -0.156. The van der Waals surface area contributed by atoms with E-state index < -0.39 is 11.5 Å². The second kappa shape index (κ2) is 5.32. The topological polar surface area (TPSA) is 57.6 Å². The van der Waals surface area contributed by atoms with Crippen molar-refractivity contribution in [2.45, 2.75) is 57.9 Å². The number of likely N-dealkylation sites (tertiary alicyclic amines) is 1. The van der Waals surface area contributed by atoms with Gasteiger partial charge in [-0.25, -0.2) is 4.79 Å². The monoisotopic (exact) mass is 227 g/mol. The van der Waals surface area contributed by atoms with Crippen LogP contribution in [-0.2, 0) is 9.59 Å². The van der Waals surface area contributed by atoms with Crippen LogP contribution in [0.5, 0.6) is 0 Å². The highest BCUT2D eigenvalue weighted by molar-refractivity contribution is 5.86. The van der Waals surface area contributed by atoms with Crippen LogP contribution in [0.15, 0.2) is 0 Å². The van der Waals surface area contributed by atoms with Crippen LogP contribution in [0.2, 0.25) is 0 Å². The van der Waals surface area contributed by atoms with Gasteiger partial charge in [-0.15, -0.1) is 0 Å². The van der Waals surface area contributed by atoms with Crippen molar-refractivity contribution < 1.29 is 14.7 Å². The molecule has 4 heteroatoms. The van der Waals surface area contributed by atoms with Gasteiger partial charge in [0.25, 0.3) is 0 Å². The molecule has 0 aromatic rings. The third-order valence-electron chi connectivity index (χ3n) is 3.46. The van der Waals surface area contributed by atoms with Gasteiger partial charge < -0.3 is 10.0 Å². The molecule has 1 saturated heterocycles. The van der Waals surface area contributed by atoms with Gasteiger partial charge in [0, 0.05) is 13.5 Å². The normalized spacial score (nSPS) is 24.8. The number of rotatable bonds is 5. The van der Waals surface area contributed by atoms with Gasteiger partial charge in [0.2, 0.25) is 5.91 Å². The Hall–Kier alpha value is -1.06. The number of carbonyl (C=O) groups is 2. The summed E-state index contributed by atoms with van der Waals surface area (Å²) in [4.78, 5) is 24.4. The smallest absolute Gasteiger partial charge is 0.329 e. The van der Waals surface area contributed by atoms with E-state index >= 15 is 0 Å². The molecule has 1 aliphatic rings. The lowest BCUT2D eigenvalue weighted by Gasteiger charge is -2.34. The Balaban J connectivity index is 2.78. The van der Waals surface area contributed by atoms with Crippen molar-refractivity contribution >= 4 is 11.9 Å². The number of unbranched alkanes of at least 4 members (excludes halogenated alkanes) is 2. The highest BCUT2D eigenvalue weighted by Gasteiger charge is 2.48. The number of hydrogen-bond donors (Lipinski definition) is 1. The van der Waals surface area contributed by atoms with Crippen LogP contribution in [-0.4, -0.2) is 34.0 Å². The van der Waals surface area contributed by atoms with Crippen molar-refractivity contribution in [3.05, 3.63) is 0 Å². The molecule has 1 fully saturated rings. The Morgan fingerprint density at radius 1 is 1.38 bits per heavy atom. The summed E-state index contributed by atoms with van der Waals surface area (Å²) in [5.41, 5.74) is -0.916. The van der Waals surface area contributed by atoms with E-state index in [-0.39, 0.29) is 5.91 Å². The van der Waals surface area contributed by atoms with Crippen LogP contribution in [0, 0.1) is 0 Å². The van der Waals surface area contributed by atoms with E-state index in [0.29, 0.717) is 19.4 Å². The second-order valence-corrected chi connectivity index (χ2v) is 4.57.